The van der Waals surface area contributed by atoms with Gasteiger partial charge in [0.2, 0.25) is 0 Å². The van der Waals surface area contributed by atoms with Crippen molar-refractivity contribution in [1.29, 1.82) is 0 Å². The number of hydrogen-bond acceptors (Lipinski definition) is 4. The number of carbonyl (C=O) groups is 1. The number of nitrogens with one attached hydrogen (secondary N) is 1. The third-order valence-electron chi connectivity index (χ3n) is 3.30. The maximum Gasteiger partial charge on any atom is 0.251 e. The first-order valence-corrected chi connectivity index (χ1v) is 8.22. The van der Waals surface area contributed by atoms with E-state index in [4.69, 9.17) is 5.73 Å². The standard InChI is InChI=1S/C18H19N3OS/c1-18(2,3)21-16(22)12-6-9-14-15(10-12)23-17(20-14)11-4-7-13(19)8-5-11/h4-10H,19H2,1-3H3,(H,21,22). The normalized spacial score (nSPS) is 11.6. The van der Waals surface area contributed by atoms with E-state index < -0.39 is 0 Å². The van der Waals surface area contributed by atoms with E-state index >= 15 is 0 Å². The first-order valence-electron chi connectivity index (χ1n) is 7.41. The van der Waals surface area contributed by atoms with E-state index in [0.717, 1.165) is 26.5 Å². The summed E-state index contributed by atoms with van der Waals surface area (Å²) in [5, 5.41) is 3.90. The van der Waals surface area contributed by atoms with Gasteiger partial charge in [0, 0.05) is 22.4 Å². The van der Waals surface area contributed by atoms with Crippen LogP contribution in [0.3, 0.4) is 0 Å². The zero-order valence-corrected chi connectivity index (χ0v) is 14.2. The fourth-order valence-electron chi connectivity index (χ4n) is 2.23. The number of hydrogen-bond donors (Lipinski definition) is 2. The molecular weight excluding hydrogens is 306 g/mol. The Morgan fingerprint density at radius 2 is 1.83 bits per heavy atom. The first-order chi connectivity index (χ1) is 10.8. The van der Waals surface area contributed by atoms with Crippen molar-refractivity contribution in [3.8, 4) is 10.6 Å². The van der Waals surface area contributed by atoms with Crippen LogP contribution >= 0.6 is 11.3 Å². The monoisotopic (exact) mass is 325 g/mol. The molecule has 23 heavy (non-hydrogen) atoms. The predicted molar refractivity (Wildman–Crippen MR) is 96.7 cm³/mol. The Balaban J connectivity index is 1.95. The molecule has 0 aliphatic carbocycles. The zero-order chi connectivity index (χ0) is 16.6. The van der Waals surface area contributed by atoms with Crippen LogP contribution in [0.15, 0.2) is 42.5 Å². The number of aromatic nitrogens is 1. The summed E-state index contributed by atoms with van der Waals surface area (Å²) in [5.74, 6) is -0.0677. The minimum absolute atomic E-state index is 0.0677. The third kappa shape index (κ3) is 3.51. The Morgan fingerprint density at radius 3 is 2.48 bits per heavy atom. The highest BCUT2D eigenvalue weighted by molar-refractivity contribution is 7.21. The summed E-state index contributed by atoms with van der Waals surface area (Å²) in [6.07, 6.45) is 0. The molecule has 0 spiro atoms. The van der Waals surface area contributed by atoms with Gasteiger partial charge in [-0.2, -0.15) is 0 Å². The Labute approximate surface area is 139 Å². The molecule has 4 nitrogen and oxygen atoms in total. The maximum atomic E-state index is 12.3. The molecule has 1 amide bonds. The summed E-state index contributed by atoms with van der Waals surface area (Å²) in [4.78, 5) is 16.9. The number of fused-ring (bicyclic) bond motifs is 1. The molecule has 0 unspecified atom stereocenters. The Bertz CT molecular complexity index is 860. The lowest BCUT2D eigenvalue weighted by Crippen LogP contribution is -2.40. The number of amides is 1. The van der Waals surface area contributed by atoms with Gasteiger partial charge in [-0.15, -0.1) is 11.3 Å². The number of benzene rings is 2. The number of anilines is 1. The van der Waals surface area contributed by atoms with E-state index in [2.05, 4.69) is 10.3 Å². The smallest absolute Gasteiger partial charge is 0.251 e. The minimum Gasteiger partial charge on any atom is -0.399 e. The van der Waals surface area contributed by atoms with Crippen molar-refractivity contribution in [2.45, 2.75) is 26.3 Å². The highest BCUT2D eigenvalue weighted by Crippen LogP contribution is 2.31. The highest BCUT2D eigenvalue weighted by Gasteiger charge is 2.16. The van der Waals surface area contributed by atoms with E-state index in [9.17, 15) is 4.79 Å². The van der Waals surface area contributed by atoms with Gasteiger partial charge < -0.3 is 11.1 Å². The second kappa shape index (κ2) is 5.66. The van der Waals surface area contributed by atoms with Gasteiger partial charge >= 0.3 is 0 Å². The molecule has 0 radical (unpaired) electrons. The molecule has 0 aliphatic rings. The van der Waals surface area contributed by atoms with E-state index in [1.54, 1.807) is 11.3 Å². The molecule has 3 aromatic rings. The lowest BCUT2D eigenvalue weighted by Gasteiger charge is -2.20. The molecule has 118 valence electrons. The molecule has 1 aromatic heterocycles. The second-order valence-corrected chi connectivity index (χ2v) is 7.56. The highest BCUT2D eigenvalue weighted by atomic mass is 32.1. The molecule has 3 N–H and O–H groups in total. The Morgan fingerprint density at radius 1 is 1.13 bits per heavy atom. The van der Waals surface area contributed by atoms with Gasteiger partial charge in [0.1, 0.15) is 5.01 Å². The van der Waals surface area contributed by atoms with E-state index in [1.165, 1.54) is 0 Å². The minimum atomic E-state index is -0.255. The van der Waals surface area contributed by atoms with Crippen LogP contribution in [0.1, 0.15) is 31.1 Å². The number of rotatable bonds is 2. The fraction of sp³-hybridized carbons (Fsp3) is 0.222. The largest absolute Gasteiger partial charge is 0.399 e. The quantitative estimate of drug-likeness (QED) is 0.698. The summed E-state index contributed by atoms with van der Waals surface area (Å²) in [7, 11) is 0. The van der Waals surface area contributed by atoms with Gasteiger partial charge in [-0.25, -0.2) is 4.98 Å². The van der Waals surface area contributed by atoms with Gasteiger partial charge in [0.25, 0.3) is 5.91 Å². The molecule has 0 bridgehead atoms. The molecule has 0 atom stereocenters. The number of nitrogens with zero attached hydrogens (tertiary/aromatic N) is 1. The van der Waals surface area contributed by atoms with Crippen LogP contribution < -0.4 is 11.1 Å². The molecule has 0 saturated carbocycles. The molecule has 0 aliphatic heterocycles. The predicted octanol–water partition coefficient (Wildman–Crippen LogP) is 4.07. The van der Waals surface area contributed by atoms with Gasteiger partial charge in [-0.3, -0.25) is 4.79 Å². The first kappa shape index (κ1) is 15.5. The van der Waals surface area contributed by atoms with Crippen molar-refractivity contribution < 1.29 is 4.79 Å². The van der Waals surface area contributed by atoms with Crippen LogP contribution in [0.2, 0.25) is 0 Å². The molecule has 5 heteroatoms. The average Bonchev–Trinajstić information content (AvgIpc) is 2.89. The van der Waals surface area contributed by atoms with Crippen molar-refractivity contribution in [3.05, 3.63) is 48.0 Å². The lowest BCUT2D eigenvalue weighted by molar-refractivity contribution is 0.0919. The van der Waals surface area contributed by atoms with Gasteiger partial charge in [0.15, 0.2) is 0 Å². The van der Waals surface area contributed by atoms with E-state index in [0.29, 0.717) is 5.56 Å². The topological polar surface area (TPSA) is 68.0 Å². The maximum absolute atomic E-state index is 12.3. The molecule has 3 rings (SSSR count). The Hall–Kier alpha value is -2.40. The Kier molecular flexibility index (Phi) is 3.82. The van der Waals surface area contributed by atoms with Gasteiger partial charge in [0.05, 0.1) is 10.2 Å². The van der Waals surface area contributed by atoms with Crippen molar-refractivity contribution >= 4 is 33.1 Å². The van der Waals surface area contributed by atoms with E-state index in [1.807, 2.05) is 63.2 Å². The lowest BCUT2D eigenvalue weighted by atomic mass is 10.1. The zero-order valence-electron chi connectivity index (χ0n) is 13.4. The average molecular weight is 325 g/mol. The molecule has 2 aromatic carbocycles. The van der Waals surface area contributed by atoms with Crippen LogP contribution in [-0.4, -0.2) is 16.4 Å². The van der Waals surface area contributed by atoms with Crippen molar-refractivity contribution in [2.75, 3.05) is 5.73 Å². The molecule has 0 saturated heterocycles. The summed E-state index contributed by atoms with van der Waals surface area (Å²) >= 11 is 1.57. The van der Waals surface area contributed by atoms with Crippen LogP contribution in [0, 0.1) is 0 Å². The SMILES string of the molecule is CC(C)(C)NC(=O)c1ccc2nc(-c3ccc(N)cc3)sc2c1. The second-order valence-electron chi connectivity index (χ2n) is 6.53. The fourth-order valence-corrected chi connectivity index (χ4v) is 3.24. The van der Waals surface area contributed by atoms with Gasteiger partial charge in [-0.05, 0) is 63.2 Å². The van der Waals surface area contributed by atoms with Crippen LogP contribution in [0.5, 0.6) is 0 Å². The number of nitrogen functional groups attached to an aromatic ring is 1. The summed E-state index contributed by atoms with van der Waals surface area (Å²) in [6, 6.07) is 13.3. The molecule has 0 fully saturated rings. The van der Waals surface area contributed by atoms with Crippen LogP contribution in [0.4, 0.5) is 5.69 Å². The van der Waals surface area contributed by atoms with E-state index in [-0.39, 0.29) is 11.4 Å². The molecular formula is C18H19N3OS. The third-order valence-corrected chi connectivity index (χ3v) is 4.36. The van der Waals surface area contributed by atoms with Crippen molar-refractivity contribution in [1.82, 2.24) is 10.3 Å². The van der Waals surface area contributed by atoms with Crippen LogP contribution in [-0.2, 0) is 0 Å². The summed E-state index contributed by atoms with van der Waals surface area (Å²) in [6.45, 7) is 5.90. The summed E-state index contributed by atoms with van der Waals surface area (Å²) in [5.41, 5.74) is 8.78. The number of nitrogens with two attached hydrogens (primary N) is 1. The summed E-state index contributed by atoms with van der Waals surface area (Å²) < 4.78 is 0.999. The van der Waals surface area contributed by atoms with Crippen molar-refractivity contribution in [2.24, 2.45) is 0 Å². The van der Waals surface area contributed by atoms with Crippen LogP contribution in [0.25, 0.3) is 20.8 Å². The number of thiazole rings is 1. The molecule has 1 heterocycles. The number of carbonyl (C=O) groups excluding carboxylic acids is 1. The van der Waals surface area contributed by atoms with Crippen molar-refractivity contribution in [3.63, 3.8) is 0 Å². The van der Waals surface area contributed by atoms with Gasteiger partial charge in [-0.1, -0.05) is 0 Å².